The van der Waals surface area contributed by atoms with E-state index in [0.717, 1.165) is 32.0 Å². The Morgan fingerprint density at radius 2 is 1.60 bits per heavy atom. The summed E-state index contributed by atoms with van der Waals surface area (Å²) in [5.74, 6) is 0. The van der Waals surface area contributed by atoms with Crippen molar-refractivity contribution in [3.05, 3.63) is 66.2 Å². The molecule has 2 aromatic rings. The lowest BCUT2D eigenvalue weighted by molar-refractivity contribution is 0.0102. The van der Waals surface area contributed by atoms with Gasteiger partial charge < -0.3 is 15.4 Å². The van der Waals surface area contributed by atoms with Crippen molar-refractivity contribution < 1.29 is 4.74 Å². The summed E-state index contributed by atoms with van der Waals surface area (Å²) in [6.45, 7) is 5.62. The maximum atomic E-state index is 5.53. The van der Waals surface area contributed by atoms with Crippen molar-refractivity contribution in [2.24, 2.45) is 0 Å². The Labute approximate surface area is 155 Å². The van der Waals surface area contributed by atoms with Crippen LogP contribution >= 0.6 is 12.2 Å². The second kappa shape index (κ2) is 8.94. The molecule has 0 aliphatic carbocycles. The van der Waals surface area contributed by atoms with E-state index >= 15 is 0 Å². The minimum Gasteiger partial charge on any atom is -0.379 e. The van der Waals surface area contributed by atoms with Crippen molar-refractivity contribution >= 4 is 23.0 Å². The fourth-order valence-electron chi connectivity index (χ4n) is 3.30. The molecule has 4 nitrogen and oxygen atoms in total. The lowest BCUT2D eigenvalue weighted by atomic mass is 9.98. The van der Waals surface area contributed by atoms with Gasteiger partial charge in [0, 0.05) is 24.8 Å². The number of hydrogen-bond donors (Lipinski definition) is 2. The maximum Gasteiger partial charge on any atom is 0.171 e. The lowest BCUT2D eigenvalue weighted by Gasteiger charge is -2.38. The normalized spacial score (nSPS) is 17.5. The first-order valence-electron chi connectivity index (χ1n) is 8.73. The second-order valence-electron chi connectivity index (χ2n) is 6.26. The van der Waals surface area contributed by atoms with Crippen LogP contribution in [0.5, 0.6) is 0 Å². The molecule has 1 aliphatic rings. The first-order valence-corrected chi connectivity index (χ1v) is 9.14. The third kappa shape index (κ3) is 5.01. The largest absolute Gasteiger partial charge is 0.379 e. The van der Waals surface area contributed by atoms with Crippen LogP contribution in [0.25, 0.3) is 0 Å². The van der Waals surface area contributed by atoms with Gasteiger partial charge in [0.25, 0.3) is 0 Å². The van der Waals surface area contributed by atoms with Crippen LogP contribution in [0.15, 0.2) is 60.7 Å². The van der Waals surface area contributed by atoms with Gasteiger partial charge in [0.2, 0.25) is 0 Å². The van der Waals surface area contributed by atoms with Gasteiger partial charge in [-0.2, -0.15) is 0 Å². The Bertz CT molecular complexity index is 659. The number of benzene rings is 2. The highest BCUT2D eigenvalue weighted by Gasteiger charge is 2.28. The van der Waals surface area contributed by atoms with Crippen LogP contribution in [0.1, 0.15) is 18.5 Å². The number of hydrogen-bond acceptors (Lipinski definition) is 3. The molecule has 2 atom stereocenters. The summed E-state index contributed by atoms with van der Waals surface area (Å²) >= 11 is 5.52. The average molecular weight is 356 g/mol. The van der Waals surface area contributed by atoms with Gasteiger partial charge in [-0.05, 0) is 36.8 Å². The number of para-hydroxylation sites is 1. The van der Waals surface area contributed by atoms with Crippen LogP contribution in [0.2, 0.25) is 0 Å². The van der Waals surface area contributed by atoms with E-state index in [9.17, 15) is 0 Å². The van der Waals surface area contributed by atoms with Gasteiger partial charge in [0.1, 0.15) is 0 Å². The van der Waals surface area contributed by atoms with Crippen molar-refractivity contribution in [3.8, 4) is 0 Å². The minimum absolute atomic E-state index is 0.171. The zero-order chi connectivity index (χ0) is 17.5. The van der Waals surface area contributed by atoms with Crippen LogP contribution in [0.4, 0.5) is 5.69 Å². The van der Waals surface area contributed by atoms with E-state index < -0.39 is 0 Å². The highest BCUT2D eigenvalue weighted by Crippen LogP contribution is 2.25. The summed E-state index contributed by atoms with van der Waals surface area (Å²) in [6, 6.07) is 21.0. The van der Waals surface area contributed by atoms with Crippen molar-refractivity contribution in [2.75, 3.05) is 31.6 Å². The molecule has 1 aliphatic heterocycles. The van der Waals surface area contributed by atoms with Crippen molar-refractivity contribution in [3.63, 3.8) is 0 Å². The number of rotatable bonds is 5. The molecule has 3 rings (SSSR count). The first-order chi connectivity index (χ1) is 12.2. The van der Waals surface area contributed by atoms with Crippen LogP contribution in [-0.4, -0.2) is 42.4 Å². The summed E-state index contributed by atoms with van der Waals surface area (Å²) in [7, 11) is 0. The second-order valence-corrected chi connectivity index (χ2v) is 6.67. The summed E-state index contributed by atoms with van der Waals surface area (Å²) in [6.07, 6.45) is 0. The monoisotopic (exact) mass is 355 g/mol. The molecule has 132 valence electrons. The summed E-state index contributed by atoms with van der Waals surface area (Å²) in [5.41, 5.74) is 2.29. The van der Waals surface area contributed by atoms with Gasteiger partial charge in [-0.15, -0.1) is 0 Å². The van der Waals surface area contributed by atoms with E-state index in [2.05, 4.69) is 52.8 Å². The van der Waals surface area contributed by atoms with Crippen LogP contribution in [0, 0.1) is 0 Å². The number of anilines is 1. The van der Waals surface area contributed by atoms with E-state index in [1.165, 1.54) is 5.56 Å². The highest BCUT2D eigenvalue weighted by molar-refractivity contribution is 7.80. The molecule has 0 radical (unpaired) electrons. The molecule has 1 saturated heterocycles. The molecule has 2 aromatic carbocycles. The number of ether oxygens (including phenoxy) is 1. The molecule has 25 heavy (non-hydrogen) atoms. The van der Waals surface area contributed by atoms with Gasteiger partial charge in [-0.1, -0.05) is 48.5 Å². The zero-order valence-electron chi connectivity index (χ0n) is 14.5. The Balaban J connectivity index is 1.70. The van der Waals surface area contributed by atoms with Gasteiger partial charge in [0.15, 0.2) is 5.11 Å². The molecule has 1 fully saturated rings. The summed E-state index contributed by atoms with van der Waals surface area (Å²) in [5, 5.41) is 7.37. The first kappa shape index (κ1) is 17.9. The molecule has 2 N–H and O–H groups in total. The standard InChI is InChI=1S/C20H25N3OS/c1-16(21-20(25)22-18-10-6-3-7-11-18)19(17-8-4-2-5-9-17)23-12-14-24-15-13-23/h2-11,16,19H,12-15H2,1H3,(H2,21,22,25)/t16-,19+/m0/s1. The zero-order valence-corrected chi connectivity index (χ0v) is 15.3. The SMILES string of the molecule is C[C@H](NC(=S)Nc1ccccc1)[C@H](c1ccccc1)N1CCOCC1. The molecular formula is C20H25N3OS. The van der Waals surface area contributed by atoms with E-state index in [0.29, 0.717) is 5.11 Å². The molecule has 1 heterocycles. The van der Waals surface area contributed by atoms with Gasteiger partial charge in [-0.25, -0.2) is 0 Å². The topological polar surface area (TPSA) is 36.5 Å². The van der Waals surface area contributed by atoms with Gasteiger partial charge in [-0.3, -0.25) is 4.90 Å². The fraction of sp³-hybridized carbons (Fsp3) is 0.350. The van der Waals surface area contributed by atoms with Crippen LogP contribution in [0.3, 0.4) is 0 Å². The molecule has 0 amide bonds. The Morgan fingerprint density at radius 1 is 1.00 bits per heavy atom. The predicted octanol–water partition coefficient (Wildman–Crippen LogP) is 3.44. The number of nitrogens with one attached hydrogen (secondary N) is 2. The van der Waals surface area contributed by atoms with Gasteiger partial charge >= 0.3 is 0 Å². The van der Waals surface area contributed by atoms with Crippen molar-refractivity contribution in [2.45, 2.75) is 19.0 Å². The van der Waals surface area contributed by atoms with E-state index in [4.69, 9.17) is 17.0 Å². The minimum atomic E-state index is 0.171. The van der Waals surface area contributed by atoms with Crippen molar-refractivity contribution in [1.29, 1.82) is 0 Å². The molecule has 0 spiro atoms. The molecule has 5 heteroatoms. The summed E-state index contributed by atoms with van der Waals surface area (Å²) < 4.78 is 5.53. The third-order valence-corrected chi connectivity index (χ3v) is 4.66. The van der Waals surface area contributed by atoms with Crippen LogP contribution < -0.4 is 10.6 Å². The van der Waals surface area contributed by atoms with Gasteiger partial charge in [0.05, 0.1) is 19.3 Å². The van der Waals surface area contributed by atoms with E-state index in [-0.39, 0.29) is 12.1 Å². The van der Waals surface area contributed by atoms with E-state index in [1.807, 2.05) is 30.3 Å². The number of morpholine rings is 1. The van der Waals surface area contributed by atoms with Crippen molar-refractivity contribution in [1.82, 2.24) is 10.2 Å². The fourth-order valence-corrected chi connectivity index (χ4v) is 3.60. The van der Waals surface area contributed by atoms with E-state index in [1.54, 1.807) is 0 Å². The Kier molecular flexibility index (Phi) is 6.39. The predicted molar refractivity (Wildman–Crippen MR) is 107 cm³/mol. The molecular weight excluding hydrogens is 330 g/mol. The number of nitrogens with zero attached hydrogens (tertiary/aromatic N) is 1. The quantitative estimate of drug-likeness (QED) is 0.804. The van der Waals surface area contributed by atoms with Crippen LogP contribution in [-0.2, 0) is 4.74 Å². The number of thiocarbonyl (C=S) groups is 1. The lowest BCUT2D eigenvalue weighted by Crippen LogP contribution is -2.49. The summed E-state index contributed by atoms with van der Waals surface area (Å²) in [4.78, 5) is 2.47. The smallest absolute Gasteiger partial charge is 0.171 e. The molecule has 0 aromatic heterocycles. The Hall–Kier alpha value is -1.95. The third-order valence-electron chi connectivity index (χ3n) is 4.44. The highest BCUT2D eigenvalue weighted by atomic mass is 32.1. The molecule has 0 unspecified atom stereocenters. The average Bonchev–Trinajstić information content (AvgIpc) is 2.64. The molecule has 0 bridgehead atoms. The molecule has 0 saturated carbocycles. The maximum absolute atomic E-state index is 5.53. The Morgan fingerprint density at radius 3 is 2.24 bits per heavy atom.